The van der Waals surface area contributed by atoms with Crippen molar-refractivity contribution in [3.8, 4) is 11.5 Å². The molecule has 2 rings (SSSR count). The highest BCUT2D eigenvalue weighted by atomic mass is 35.5. The summed E-state index contributed by atoms with van der Waals surface area (Å²) in [6, 6.07) is 7.32. The van der Waals surface area contributed by atoms with E-state index in [2.05, 4.69) is 17.1 Å². The van der Waals surface area contributed by atoms with Crippen LogP contribution < -0.4 is 0 Å². The average molecular weight is 368 g/mol. The molecule has 1 heterocycles. The highest BCUT2D eigenvalue weighted by Gasteiger charge is 2.18. The van der Waals surface area contributed by atoms with Crippen LogP contribution >= 0.6 is 23.4 Å². The van der Waals surface area contributed by atoms with Crippen LogP contribution in [0.2, 0.25) is 5.02 Å². The van der Waals surface area contributed by atoms with Crippen molar-refractivity contribution in [1.29, 1.82) is 0 Å². The summed E-state index contributed by atoms with van der Waals surface area (Å²) in [4.78, 5) is 14.1. The molecule has 2 aromatic rings. The number of hydrogen-bond donors (Lipinski definition) is 0. The third-order valence-corrected chi connectivity index (χ3v) is 4.80. The second-order valence-electron chi connectivity index (χ2n) is 5.35. The summed E-state index contributed by atoms with van der Waals surface area (Å²) in [5.74, 6) is 2.38. The molecule has 0 saturated heterocycles. The van der Waals surface area contributed by atoms with E-state index in [1.165, 1.54) is 0 Å². The van der Waals surface area contributed by atoms with Crippen molar-refractivity contribution in [2.24, 2.45) is 0 Å². The van der Waals surface area contributed by atoms with Gasteiger partial charge < -0.3 is 9.32 Å². The third-order valence-electron chi connectivity index (χ3n) is 3.32. The number of benzene rings is 1. The van der Waals surface area contributed by atoms with Crippen LogP contribution in [-0.2, 0) is 11.3 Å². The lowest BCUT2D eigenvalue weighted by atomic mass is 10.2. The van der Waals surface area contributed by atoms with Crippen LogP contribution in [0.4, 0.5) is 0 Å². The Morgan fingerprint density at radius 3 is 2.75 bits per heavy atom. The first-order chi connectivity index (χ1) is 11.7. The van der Waals surface area contributed by atoms with E-state index in [4.69, 9.17) is 16.0 Å². The van der Waals surface area contributed by atoms with Gasteiger partial charge in [-0.3, -0.25) is 4.79 Å². The summed E-state index contributed by atoms with van der Waals surface area (Å²) in [7, 11) is 0. The summed E-state index contributed by atoms with van der Waals surface area (Å²) in [5.41, 5.74) is 0.699. The topological polar surface area (TPSA) is 59.2 Å². The van der Waals surface area contributed by atoms with Gasteiger partial charge in [0.15, 0.2) is 0 Å². The molecule has 0 atom stereocenters. The average Bonchev–Trinajstić information content (AvgIpc) is 3.03. The highest BCUT2D eigenvalue weighted by Crippen LogP contribution is 2.26. The molecule has 0 saturated carbocycles. The van der Waals surface area contributed by atoms with Gasteiger partial charge in [-0.2, -0.15) is 11.8 Å². The van der Waals surface area contributed by atoms with Gasteiger partial charge in [0, 0.05) is 6.54 Å². The normalized spacial score (nSPS) is 10.8. The van der Waals surface area contributed by atoms with E-state index in [0.29, 0.717) is 41.2 Å². The molecule has 24 heavy (non-hydrogen) atoms. The fourth-order valence-electron chi connectivity index (χ4n) is 2.18. The number of aromatic nitrogens is 2. The molecule has 0 spiro atoms. The molecule has 0 unspecified atom stereocenters. The number of hydrogen-bond acceptors (Lipinski definition) is 5. The van der Waals surface area contributed by atoms with Crippen LogP contribution in [0.1, 0.15) is 32.6 Å². The van der Waals surface area contributed by atoms with E-state index >= 15 is 0 Å². The molecule has 130 valence electrons. The largest absolute Gasteiger partial charge is 0.419 e. The number of rotatable bonds is 9. The standard InChI is InChI=1S/C17H22ClN3O2S/c1-3-9-21(16(22)12-24-10-4-2)11-15-19-20-17(23-15)13-7-5-6-8-14(13)18/h5-8H,3-4,9-12H2,1-2H3. The number of amides is 1. The highest BCUT2D eigenvalue weighted by molar-refractivity contribution is 7.99. The molecule has 0 aliphatic rings. The van der Waals surface area contributed by atoms with Gasteiger partial charge >= 0.3 is 0 Å². The van der Waals surface area contributed by atoms with Gasteiger partial charge in [0.25, 0.3) is 0 Å². The van der Waals surface area contributed by atoms with Crippen molar-refractivity contribution >= 4 is 29.3 Å². The second kappa shape index (κ2) is 9.69. The van der Waals surface area contributed by atoms with Gasteiger partial charge in [-0.1, -0.05) is 37.6 Å². The molecule has 0 N–H and O–H groups in total. The molecule has 1 amide bonds. The molecule has 0 radical (unpaired) electrons. The van der Waals surface area contributed by atoms with Crippen LogP contribution in [0.15, 0.2) is 28.7 Å². The Kier molecular flexibility index (Phi) is 7.59. The zero-order valence-electron chi connectivity index (χ0n) is 14.0. The number of nitrogens with zero attached hydrogens (tertiary/aromatic N) is 3. The van der Waals surface area contributed by atoms with Gasteiger partial charge in [-0.25, -0.2) is 0 Å². The van der Waals surface area contributed by atoms with Crippen LogP contribution in [0.5, 0.6) is 0 Å². The monoisotopic (exact) mass is 367 g/mol. The SMILES string of the molecule is CCCSCC(=O)N(CCC)Cc1nnc(-c2ccccc2Cl)o1. The predicted octanol–water partition coefficient (Wildman–Crippen LogP) is 4.27. The Balaban J connectivity index is 2.05. The number of halogens is 1. The maximum absolute atomic E-state index is 12.3. The van der Waals surface area contributed by atoms with Crippen molar-refractivity contribution in [3.05, 3.63) is 35.2 Å². The summed E-state index contributed by atoms with van der Waals surface area (Å²) < 4.78 is 5.70. The molecule has 0 aliphatic heterocycles. The first-order valence-electron chi connectivity index (χ1n) is 8.08. The van der Waals surface area contributed by atoms with E-state index in [1.807, 2.05) is 25.1 Å². The molecule has 7 heteroatoms. The summed E-state index contributed by atoms with van der Waals surface area (Å²) in [6.07, 6.45) is 1.95. The fraction of sp³-hybridized carbons (Fsp3) is 0.471. The maximum atomic E-state index is 12.3. The Morgan fingerprint density at radius 2 is 2.04 bits per heavy atom. The van der Waals surface area contributed by atoms with Gasteiger partial charge in [0.05, 0.1) is 22.9 Å². The molecular weight excluding hydrogens is 346 g/mol. The van der Waals surface area contributed by atoms with Crippen LogP contribution in [-0.4, -0.2) is 39.1 Å². The zero-order chi connectivity index (χ0) is 17.4. The van der Waals surface area contributed by atoms with Crippen molar-refractivity contribution in [2.45, 2.75) is 33.2 Å². The minimum absolute atomic E-state index is 0.104. The third kappa shape index (κ3) is 5.24. The maximum Gasteiger partial charge on any atom is 0.249 e. The van der Waals surface area contributed by atoms with Gasteiger partial charge in [0.1, 0.15) is 0 Å². The van der Waals surface area contributed by atoms with Crippen LogP contribution in [0, 0.1) is 0 Å². The number of carbonyl (C=O) groups excluding carboxylic acids is 1. The summed E-state index contributed by atoms with van der Waals surface area (Å²) in [5, 5.41) is 8.67. The minimum atomic E-state index is 0.104. The van der Waals surface area contributed by atoms with Crippen LogP contribution in [0.3, 0.4) is 0 Å². The summed E-state index contributed by atoms with van der Waals surface area (Å²) >= 11 is 7.80. The Hall–Kier alpha value is -1.53. The van der Waals surface area contributed by atoms with E-state index in [9.17, 15) is 4.79 Å². The van der Waals surface area contributed by atoms with Crippen molar-refractivity contribution in [1.82, 2.24) is 15.1 Å². The Morgan fingerprint density at radius 1 is 1.25 bits per heavy atom. The minimum Gasteiger partial charge on any atom is -0.419 e. The van der Waals surface area contributed by atoms with Gasteiger partial charge in [-0.15, -0.1) is 10.2 Å². The zero-order valence-corrected chi connectivity index (χ0v) is 15.6. The Labute approximate surface area is 151 Å². The number of thioether (sulfide) groups is 1. The lowest BCUT2D eigenvalue weighted by Gasteiger charge is -2.20. The second-order valence-corrected chi connectivity index (χ2v) is 6.86. The Bertz CT molecular complexity index is 663. The molecule has 1 aromatic heterocycles. The molecule has 0 bridgehead atoms. The lowest BCUT2D eigenvalue weighted by Crippen LogP contribution is -2.32. The van der Waals surface area contributed by atoms with E-state index in [1.54, 1.807) is 22.7 Å². The van der Waals surface area contributed by atoms with E-state index in [0.717, 1.165) is 18.6 Å². The van der Waals surface area contributed by atoms with Gasteiger partial charge in [0.2, 0.25) is 17.7 Å². The van der Waals surface area contributed by atoms with Gasteiger partial charge in [-0.05, 0) is 30.7 Å². The molecule has 0 fully saturated rings. The smallest absolute Gasteiger partial charge is 0.249 e. The number of carbonyl (C=O) groups is 1. The van der Waals surface area contributed by atoms with E-state index in [-0.39, 0.29) is 5.91 Å². The summed E-state index contributed by atoms with van der Waals surface area (Å²) in [6.45, 7) is 5.16. The van der Waals surface area contributed by atoms with Crippen LogP contribution in [0.25, 0.3) is 11.5 Å². The fourth-order valence-corrected chi connectivity index (χ4v) is 3.19. The molecule has 5 nitrogen and oxygen atoms in total. The first kappa shape index (κ1) is 18.8. The predicted molar refractivity (Wildman–Crippen MR) is 98.1 cm³/mol. The molecular formula is C17H22ClN3O2S. The molecule has 0 aliphatic carbocycles. The van der Waals surface area contributed by atoms with Crippen molar-refractivity contribution in [3.63, 3.8) is 0 Å². The lowest BCUT2D eigenvalue weighted by molar-refractivity contribution is -0.129. The quantitative estimate of drug-likeness (QED) is 0.619. The van der Waals surface area contributed by atoms with E-state index < -0.39 is 0 Å². The van der Waals surface area contributed by atoms with Crippen molar-refractivity contribution in [2.75, 3.05) is 18.1 Å². The van der Waals surface area contributed by atoms with Crippen molar-refractivity contribution < 1.29 is 9.21 Å². The first-order valence-corrected chi connectivity index (χ1v) is 9.61. The molecule has 1 aromatic carbocycles.